The highest BCUT2D eigenvalue weighted by molar-refractivity contribution is 7.89. The average molecular weight is 467 g/mol. The van der Waals surface area contributed by atoms with Gasteiger partial charge in [0, 0.05) is 24.3 Å². The summed E-state index contributed by atoms with van der Waals surface area (Å²) in [7, 11) is -3.68. The number of primary amides is 1. The lowest BCUT2D eigenvalue weighted by molar-refractivity contribution is 0.100. The minimum absolute atomic E-state index is 0.147. The van der Waals surface area contributed by atoms with Gasteiger partial charge in [-0.1, -0.05) is 18.2 Å². The molecule has 1 amide bonds. The normalized spacial score (nSPS) is 14.6. The summed E-state index contributed by atoms with van der Waals surface area (Å²) in [6.45, 7) is 0.388. The quantitative estimate of drug-likeness (QED) is 0.497. The predicted molar refractivity (Wildman–Crippen MR) is 127 cm³/mol. The van der Waals surface area contributed by atoms with Crippen LogP contribution in [0.1, 0.15) is 22.3 Å². The fourth-order valence-electron chi connectivity index (χ4n) is 3.83. The molecule has 0 saturated carbocycles. The molecule has 4 rings (SSSR count). The lowest BCUT2D eigenvalue weighted by Crippen LogP contribution is -2.34. The molecule has 0 radical (unpaired) electrons. The van der Waals surface area contributed by atoms with E-state index in [9.17, 15) is 17.6 Å². The summed E-state index contributed by atoms with van der Waals surface area (Å²) in [6.07, 6.45) is 2.17. The number of nitrogens with two attached hydrogens (primary N) is 3. The second kappa shape index (κ2) is 8.68. The minimum Gasteiger partial charge on any atom is -0.399 e. The van der Waals surface area contributed by atoms with Gasteiger partial charge in [0.05, 0.1) is 16.1 Å². The highest BCUT2D eigenvalue weighted by atomic mass is 32.2. The first-order valence-electron chi connectivity index (χ1n) is 10.2. The second-order valence-electron chi connectivity index (χ2n) is 7.77. The number of hydrogen-bond acceptors (Lipinski definition) is 5. The maximum atomic E-state index is 13.4. The molecular formula is C24H23FN4O3S. The smallest absolute Gasteiger partial charge is 0.250 e. The zero-order valence-electron chi connectivity index (χ0n) is 17.7. The molecule has 33 heavy (non-hydrogen) atoms. The Labute approximate surface area is 191 Å². The zero-order chi connectivity index (χ0) is 23.8. The topological polar surface area (TPSA) is 133 Å². The van der Waals surface area contributed by atoms with E-state index in [0.29, 0.717) is 28.8 Å². The van der Waals surface area contributed by atoms with Crippen LogP contribution in [0.4, 0.5) is 15.8 Å². The summed E-state index contributed by atoms with van der Waals surface area (Å²) in [6, 6.07) is 15.3. The van der Waals surface area contributed by atoms with Gasteiger partial charge in [-0.2, -0.15) is 4.31 Å². The van der Waals surface area contributed by atoms with Crippen molar-refractivity contribution in [2.45, 2.75) is 11.3 Å². The SMILES string of the molecule is NC(=O)c1cc(-c2ccc(F)cc2)cc(C2=CCN(S(=O)(=O)c3ccc(N)cc3)CC2)c1N. The van der Waals surface area contributed by atoms with E-state index in [1.54, 1.807) is 36.4 Å². The molecule has 0 aliphatic carbocycles. The first-order chi connectivity index (χ1) is 15.7. The van der Waals surface area contributed by atoms with Gasteiger partial charge in [0.25, 0.3) is 5.91 Å². The molecule has 1 aliphatic rings. The minimum atomic E-state index is -3.68. The standard InChI is InChI=1S/C24H23FN4O3S/c25-18-3-1-15(2-4-18)17-13-21(23(27)22(14-17)24(28)30)16-9-11-29(12-10-16)33(31,32)20-7-5-19(26)6-8-20/h1-9,13-14H,10-12,26-27H2,(H2,28,30). The zero-order valence-corrected chi connectivity index (χ0v) is 18.5. The van der Waals surface area contributed by atoms with Crippen molar-refractivity contribution in [3.05, 3.63) is 83.7 Å². The van der Waals surface area contributed by atoms with Crippen LogP contribution in [0.25, 0.3) is 16.7 Å². The molecule has 0 bridgehead atoms. The number of nitrogen functional groups attached to an aromatic ring is 2. The van der Waals surface area contributed by atoms with E-state index in [-0.39, 0.29) is 35.1 Å². The summed E-state index contributed by atoms with van der Waals surface area (Å²) in [5.74, 6) is -1.05. The Balaban J connectivity index is 1.69. The number of nitrogens with zero attached hydrogens (tertiary/aromatic N) is 1. The van der Waals surface area contributed by atoms with Crippen LogP contribution in [-0.4, -0.2) is 31.7 Å². The van der Waals surface area contributed by atoms with Gasteiger partial charge in [-0.25, -0.2) is 12.8 Å². The number of rotatable bonds is 5. The van der Waals surface area contributed by atoms with Crippen LogP contribution in [0.15, 0.2) is 71.6 Å². The van der Waals surface area contributed by atoms with Gasteiger partial charge in [-0.15, -0.1) is 0 Å². The van der Waals surface area contributed by atoms with Crippen LogP contribution in [0.3, 0.4) is 0 Å². The summed E-state index contributed by atoms with van der Waals surface area (Å²) in [5.41, 5.74) is 21.1. The van der Waals surface area contributed by atoms with Gasteiger partial charge in [-0.3, -0.25) is 4.79 Å². The number of sulfonamides is 1. The third-order valence-corrected chi connectivity index (χ3v) is 7.54. The second-order valence-corrected chi connectivity index (χ2v) is 9.71. The summed E-state index contributed by atoms with van der Waals surface area (Å²) < 4.78 is 40.6. The number of anilines is 2. The van der Waals surface area contributed by atoms with Gasteiger partial charge < -0.3 is 17.2 Å². The maximum Gasteiger partial charge on any atom is 0.250 e. The number of amides is 1. The van der Waals surface area contributed by atoms with Crippen LogP contribution >= 0.6 is 0 Å². The summed E-state index contributed by atoms with van der Waals surface area (Å²) in [4.78, 5) is 12.2. The van der Waals surface area contributed by atoms with Gasteiger partial charge in [0.15, 0.2) is 0 Å². The molecule has 0 atom stereocenters. The molecule has 170 valence electrons. The molecule has 0 saturated heterocycles. The first-order valence-corrected chi connectivity index (χ1v) is 11.6. The molecule has 1 aliphatic heterocycles. The monoisotopic (exact) mass is 466 g/mol. The number of carbonyl (C=O) groups excluding carboxylic acids is 1. The van der Waals surface area contributed by atoms with Crippen molar-refractivity contribution in [2.75, 3.05) is 24.6 Å². The first kappa shape index (κ1) is 22.5. The Hall–Kier alpha value is -3.69. The average Bonchev–Trinajstić information content (AvgIpc) is 2.80. The van der Waals surface area contributed by atoms with Crippen molar-refractivity contribution >= 4 is 32.9 Å². The Bertz CT molecular complexity index is 1350. The summed E-state index contributed by atoms with van der Waals surface area (Å²) in [5, 5.41) is 0. The van der Waals surface area contributed by atoms with Crippen molar-refractivity contribution < 1.29 is 17.6 Å². The maximum absolute atomic E-state index is 13.4. The van der Waals surface area contributed by atoms with Crippen LogP contribution in [-0.2, 0) is 10.0 Å². The predicted octanol–water partition coefficient (Wildman–Crippen LogP) is 3.23. The van der Waals surface area contributed by atoms with Crippen molar-refractivity contribution in [2.24, 2.45) is 5.73 Å². The Morgan fingerprint density at radius 1 is 0.939 bits per heavy atom. The molecule has 0 unspecified atom stereocenters. The van der Waals surface area contributed by atoms with Crippen LogP contribution in [0.5, 0.6) is 0 Å². The van der Waals surface area contributed by atoms with Gasteiger partial charge in [0.2, 0.25) is 10.0 Å². The molecule has 6 N–H and O–H groups in total. The van der Waals surface area contributed by atoms with E-state index in [4.69, 9.17) is 17.2 Å². The van der Waals surface area contributed by atoms with Crippen molar-refractivity contribution in [3.63, 3.8) is 0 Å². The molecule has 3 aromatic rings. The highest BCUT2D eigenvalue weighted by Crippen LogP contribution is 2.35. The third-order valence-electron chi connectivity index (χ3n) is 5.66. The molecular weight excluding hydrogens is 443 g/mol. The molecule has 0 aromatic heterocycles. The Morgan fingerprint density at radius 3 is 2.18 bits per heavy atom. The van der Waals surface area contributed by atoms with E-state index in [1.165, 1.54) is 28.6 Å². The molecule has 9 heteroatoms. The highest BCUT2D eigenvalue weighted by Gasteiger charge is 2.27. The Kier molecular flexibility index (Phi) is 5.92. The fraction of sp³-hybridized carbons (Fsp3) is 0.125. The lowest BCUT2D eigenvalue weighted by atomic mass is 9.91. The van der Waals surface area contributed by atoms with E-state index in [2.05, 4.69) is 0 Å². The van der Waals surface area contributed by atoms with Gasteiger partial charge >= 0.3 is 0 Å². The largest absolute Gasteiger partial charge is 0.399 e. The van der Waals surface area contributed by atoms with Crippen LogP contribution in [0.2, 0.25) is 0 Å². The number of benzene rings is 3. The van der Waals surface area contributed by atoms with Gasteiger partial charge in [0.1, 0.15) is 5.82 Å². The lowest BCUT2D eigenvalue weighted by Gasteiger charge is -2.27. The number of halogens is 1. The molecule has 7 nitrogen and oxygen atoms in total. The van der Waals surface area contributed by atoms with Crippen LogP contribution < -0.4 is 17.2 Å². The Morgan fingerprint density at radius 2 is 1.61 bits per heavy atom. The fourth-order valence-corrected chi connectivity index (χ4v) is 5.21. The van der Waals surface area contributed by atoms with Crippen molar-refractivity contribution in [3.8, 4) is 11.1 Å². The molecule has 0 fully saturated rings. The molecule has 1 heterocycles. The summed E-state index contributed by atoms with van der Waals surface area (Å²) >= 11 is 0. The van der Waals surface area contributed by atoms with E-state index in [1.807, 2.05) is 6.07 Å². The molecule has 3 aromatic carbocycles. The van der Waals surface area contributed by atoms with Crippen molar-refractivity contribution in [1.29, 1.82) is 0 Å². The number of carbonyl (C=O) groups is 1. The van der Waals surface area contributed by atoms with Crippen molar-refractivity contribution in [1.82, 2.24) is 4.31 Å². The number of hydrogen-bond donors (Lipinski definition) is 3. The third kappa shape index (κ3) is 4.46. The van der Waals surface area contributed by atoms with E-state index < -0.39 is 15.9 Å². The van der Waals surface area contributed by atoms with Crippen LogP contribution in [0, 0.1) is 5.82 Å². The molecule has 0 spiro atoms. The van der Waals surface area contributed by atoms with Gasteiger partial charge in [-0.05, 0) is 71.7 Å². The van der Waals surface area contributed by atoms with E-state index in [0.717, 1.165) is 5.57 Å². The van der Waals surface area contributed by atoms with E-state index >= 15 is 0 Å².